The van der Waals surface area contributed by atoms with Crippen molar-refractivity contribution >= 4 is 5.78 Å². The molecule has 0 radical (unpaired) electrons. The van der Waals surface area contributed by atoms with Crippen molar-refractivity contribution in [2.75, 3.05) is 20.1 Å². The zero-order valence-corrected chi connectivity index (χ0v) is 11.3. The molecule has 18 heavy (non-hydrogen) atoms. The summed E-state index contributed by atoms with van der Waals surface area (Å²) in [5.41, 5.74) is 0.846. The summed E-state index contributed by atoms with van der Waals surface area (Å²) in [4.78, 5) is 14.3. The number of rotatable bonds is 7. The molecule has 1 saturated carbocycles. The van der Waals surface area contributed by atoms with Gasteiger partial charge in [0, 0.05) is 18.5 Å². The average molecular weight is 245 g/mol. The van der Waals surface area contributed by atoms with Crippen LogP contribution in [0.25, 0.3) is 0 Å². The van der Waals surface area contributed by atoms with Crippen molar-refractivity contribution in [2.45, 2.75) is 32.1 Å². The van der Waals surface area contributed by atoms with Crippen molar-refractivity contribution < 1.29 is 4.79 Å². The monoisotopic (exact) mass is 245 g/mol. The van der Waals surface area contributed by atoms with Crippen molar-refractivity contribution in [3.05, 3.63) is 35.9 Å². The fraction of sp³-hybridized carbons (Fsp3) is 0.562. The van der Waals surface area contributed by atoms with E-state index in [0.717, 1.165) is 24.4 Å². The number of nitrogens with zero attached hydrogens (tertiary/aromatic N) is 1. The van der Waals surface area contributed by atoms with Gasteiger partial charge >= 0.3 is 0 Å². The van der Waals surface area contributed by atoms with Crippen LogP contribution in [0, 0.1) is 5.92 Å². The summed E-state index contributed by atoms with van der Waals surface area (Å²) >= 11 is 0. The molecule has 0 saturated heterocycles. The molecule has 0 bridgehead atoms. The molecule has 0 heterocycles. The fourth-order valence-electron chi connectivity index (χ4n) is 2.49. The molecular weight excluding hydrogens is 222 g/mol. The molecule has 0 unspecified atom stereocenters. The van der Waals surface area contributed by atoms with Gasteiger partial charge in [0.25, 0.3) is 0 Å². The molecule has 1 aliphatic carbocycles. The Morgan fingerprint density at radius 1 is 1.28 bits per heavy atom. The molecular formula is C16H23NO. The molecule has 98 valence electrons. The Labute approximate surface area is 110 Å². The Kier molecular flexibility index (Phi) is 4.94. The number of hydrogen-bond acceptors (Lipinski definition) is 2. The third kappa shape index (κ3) is 3.95. The van der Waals surface area contributed by atoms with Gasteiger partial charge in [0.1, 0.15) is 0 Å². The highest BCUT2D eigenvalue weighted by Gasteiger charge is 2.18. The maximum absolute atomic E-state index is 11.9. The molecule has 0 amide bonds. The Bertz CT molecular complexity index is 370. The quantitative estimate of drug-likeness (QED) is 0.686. The molecule has 0 aromatic heterocycles. The van der Waals surface area contributed by atoms with E-state index in [-0.39, 0.29) is 5.78 Å². The second-order valence-corrected chi connectivity index (χ2v) is 5.45. The Balaban J connectivity index is 1.64. The smallest absolute Gasteiger partial charge is 0.162 e. The number of carbonyl (C=O) groups excluding carboxylic acids is 1. The minimum absolute atomic E-state index is 0.271. The van der Waals surface area contributed by atoms with Crippen molar-refractivity contribution in [1.29, 1.82) is 0 Å². The van der Waals surface area contributed by atoms with E-state index in [2.05, 4.69) is 11.9 Å². The lowest BCUT2D eigenvalue weighted by Crippen LogP contribution is -2.30. The first kappa shape index (κ1) is 13.3. The minimum atomic E-state index is 0.271. The zero-order valence-electron chi connectivity index (χ0n) is 11.3. The van der Waals surface area contributed by atoms with Gasteiger partial charge in [-0.05, 0) is 38.8 Å². The van der Waals surface area contributed by atoms with Gasteiger partial charge in [0.05, 0.1) is 0 Å². The normalized spacial score (nSPS) is 15.7. The maximum atomic E-state index is 11.9. The molecule has 2 rings (SSSR count). The Morgan fingerprint density at radius 2 is 2.00 bits per heavy atom. The fourth-order valence-corrected chi connectivity index (χ4v) is 2.49. The molecule has 1 aromatic rings. The van der Waals surface area contributed by atoms with Crippen molar-refractivity contribution in [2.24, 2.45) is 5.92 Å². The highest BCUT2D eigenvalue weighted by Crippen LogP contribution is 2.26. The summed E-state index contributed by atoms with van der Waals surface area (Å²) in [6.45, 7) is 2.24. The standard InChI is InChI=1S/C16H23NO/c1-17(13-14-7-5-8-14)12-6-11-16(18)15-9-3-2-4-10-15/h2-4,9-10,14H,5-8,11-13H2,1H3. The summed E-state index contributed by atoms with van der Waals surface area (Å²) in [6, 6.07) is 9.61. The zero-order chi connectivity index (χ0) is 12.8. The number of ketones is 1. The van der Waals surface area contributed by atoms with Crippen LogP contribution < -0.4 is 0 Å². The van der Waals surface area contributed by atoms with Crippen LogP contribution >= 0.6 is 0 Å². The third-order valence-electron chi connectivity index (χ3n) is 3.83. The van der Waals surface area contributed by atoms with Gasteiger partial charge in [0.15, 0.2) is 5.78 Å². The lowest BCUT2D eigenvalue weighted by atomic mass is 9.85. The van der Waals surface area contributed by atoms with Crippen LogP contribution in [-0.2, 0) is 0 Å². The van der Waals surface area contributed by atoms with E-state index in [1.54, 1.807) is 0 Å². The van der Waals surface area contributed by atoms with Gasteiger partial charge in [0.2, 0.25) is 0 Å². The average Bonchev–Trinajstić information content (AvgIpc) is 2.35. The summed E-state index contributed by atoms with van der Waals surface area (Å²) in [5.74, 6) is 1.19. The molecule has 0 atom stereocenters. The highest BCUT2D eigenvalue weighted by molar-refractivity contribution is 5.95. The summed E-state index contributed by atoms with van der Waals surface area (Å²) in [5, 5.41) is 0. The van der Waals surface area contributed by atoms with Crippen LogP contribution in [0.5, 0.6) is 0 Å². The van der Waals surface area contributed by atoms with Gasteiger partial charge in [-0.3, -0.25) is 4.79 Å². The van der Waals surface area contributed by atoms with Crippen LogP contribution in [0.2, 0.25) is 0 Å². The lowest BCUT2D eigenvalue weighted by Gasteiger charge is -2.30. The summed E-state index contributed by atoms with van der Waals surface area (Å²) in [6.07, 6.45) is 5.83. The molecule has 2 nitrogen and oxygen atoms in total. The Morgan fingerprint density at radius 3 is 2.61 bits per heavy atom. The second kappa shape index (κ2) is 6.69. The summed E-state index contributed by atoms with van der Waals surface area (Å²) < 4.78 is 0. The molecule has 0 aliphatic heterocycles. The van der Waals surface area contributed by atoms with Gasteiger partial charge < -0.3 is 4.90 Å². The molecule has 1 aliphatic rings. The van der Waals surface area contributed by atoms with Crippen molar-refractivity contribution in [3.63, 3.8) is 0 Å². The van der Waals surface area contributed by atoms with Gasteiger partial charge in [-0.2, -0.15) is 0 Å². The molecule has 0 N–H and O–H groups in total. The van der Waals surface area contributed by atoms with Crippen molar-refractivity contribution in [3.8, 4) is 0 Å². The first-order valence-corrected chi connectivity index (χ1v) is 7.02. The number of hydrogen-bond donors (Lipinski definition) is 0. The van der Waals surface area contributed by atoms with E-state index in [9.17, 15) is 4.79 Å². The first-order chi connectivity index (χ1) is 8.75. The number of carbonyl (C=O) groups is 1. The van der Waals surface area contributed by atoms with Gasteiger partial charge in [-0.15, -0.1) is 0 Å². The van der Waals surface area contributed by atoms with Crippen LogP contribution in [0.4, 0.5) is 0 Å². The molecule has 2 heteroatoms. The van der Waals surface area contributed by atoms with Gasteiger partial charge in [-0.1, -0.05) is 36.8 Å². The number of benzene rings is 1. The first-order valence-electron chi connectivity index (χ1n) is 7.02. The third-order valence-corrected chi connectivity index (χ3v) is 3.83. The number of Topliss-reactive ketones (excluding diaryl/α,β-unsaturated/α-hetero) is 1. The maximum Gasteiger partial charge on any atom is 0.162 e. The van der Waals surface area contributed by atoms with E-state index in [0.29, 0.717) is 6.42 Å². The van der Waals surface area contributed by atoms with Crippen molar-refractivity contribution in [1.82, 2.24) is 4.90 Å². The van der Waals surface area contributed by atoms with Gasteiger partial charge in [-0.25, -0.2) is 0 Å². The van der Waals surface area contributed by atoms with Crippen LogP contribution in [0.1, 0.15) is 42.5 Å². The van der Waals surface area contributed by atoms with E-state index in [1.165, 1.54) is 25.8 Å². The largest absolute Gasteiger partial charge is 0.306 e. The van der Waals surface area contributed by atoms with E-state index < -0.39 is 0 Å². The topological polar surface area (TPSA) is 20.3 Å². The second-order valence-electron chi connectivity index (χ2n) is 5.45. The Hall–Kier alpha value is -1.15. The molecule has 0 spiro atoms. The SMILES string of the molecule is CN(CCCC(=O)c1ccccc1)CC1CCC1. The van der Waals surface area contributed by atoms with E-state index in [4.69, 9.17) is 0 Å². The molecule has 1 fully saturated rings. The van der Waals surface area contributed by atoms with Crippen LogP contribution in [0.15, 0.2) is 30.3 Å². The molecule has 1 aromatic carbocycles. The van der Waals surface area contributed by atoms with E-state index >= 15 is 0 Å². The van der Waals surface area contributed by atoms with Crippen LogP contribution in [-0.4, -0.2) is 30.8 Å². The minimum Gasteiger partial charge on any atom is -0.306 e. The predicted molar refractivity (Wildman–Crippen MR) is 74.8 cm³/mol. The lowest BCUT2D eigenvalue weighted by molar-refractivity contribution is 0.0974. The predicted octanol–water partition coefficient (Wildman–Crippen LogP) is 3.38. The highest BCUT2D eigenvalue weighted by atomic mass is 16.1. The van der Waals surface area contributed by atoms with E-state index in [1.807, 2.05) is 30.3 Å². The van der Waals surface area contributed by atoms with Crippen LogP contribution in [0.3, 0.4) is 0 Å². The summed E-state index contributed by atoms with van der Waals surface area (Å²) in [7, 11) is 2.17.